The van der Waals surface area contributed by atoms with Gasteiger partial charge in [0.05, 0.1) is 6.04 Å². The van der Waals surface area contributed by atoms with Crippen molar-refractivity contribution < 1.29 is 18.8 Å². The minimum Gasteiger partial charge on any atom is -0.277 e. The standard InChI is InChI=1S/C15H17FN2O3/c1-8(2)12-13(19)17-15(21)18(14(12)20)9(3)10-4-6-11(16)7-5-10/h4-9,12H,1-3H3,(H,17,19,21). The molecule has 0 aromatic heterocycles. The molecule has 0 saturated carbocycles. The van der Waals surface area contributed by atoms with Crippen LogP contribution < -0.4 is 5.32 Å². The Hall–Kier alpha value is -2.24. The van der Waals surface area contributed by atoms with Crippen LogP contribution >= 0.6 is 0 Å². The predicted molar refractivity (Wildman–Crippen MR) is 73.5 cm³/mol. The molecule has 1 fully saturated rings. The molecular weight excluding hydrogens is 275 g/mol. The zero-order chi connectivity index (χ0) is 15.7. The third-order valence-corrected chi connectivity index (χ3v) is 3.64. The molecule has 1 aromatic rings. The minimum absolute atomic E-state index is 0.214. The van der Waals surface area contributed by atoms with Crippen LogP contribution in [-0.2, 0) is 9.59 Å². The van der Waals surface area contributed by atoms with Crippen LogP contribution in [0.25, 0.3) is 0 Å². The molecule has 112 valence electrons. The van der Waals surface area contributed by atoms with E-state index in [0.29, 0.717) is 5.56 Å². The van der Waals surface area contributed by atoms with E-state index in [1.165, 1.54) is 24.3 Å². The molecule has 1 N–H and O–H groups in total. The van der Waals surface area contributed by atoms with Crippen LogP contribution in [0.15, 0.2) is 24.3 Å². The molecule has 0 aliphatic carbocycles. The Balaban J connectivity index is 2.32. The van der Waals surface area contributed by atoms with Gasteiger partial charge in [0.1, 0.15) is 11.7 Å². The number of imide groups is 2. The SMILES string of the molecule is CC(C)C1C(=O)NC(=O)N(C(C)c2ccc(F)cc2)C1=O. The molecular formula is C15H17FN2O3. The summed E-state index contributed by atoms with van der Waals surface area (Å²) in [5.41, 5.74) is 0.622. The highest BCUT2D eigenvalue weighted by molar-refractivity contribution is 6.16. The Labute approximate surface area is 122 Å². The van der Waals surface area contributed by atoms with Crippen LogP contribution in [0.5, 0.6) is 0 Å². The summed E-state index contributed by atoms with van der Waals surface area (Å²) in [6.07, 6.45) is 0. The molecule has 1 aliphatic heterocycles. The average Bonchev–Trinajstić information content (AvgIpc) is 2.38. The zero-order valence-electron chi connectivity index (χ0n) is 12.1. The van der Waals surface area contributed by atoms with E-state index in [-0.39, 0.29) is 5.92 Å². The van der Waals surface area contributed by atoms with Crippen LogP contribution in [0.4, 0.5) is 9.18 Å². The maximum absolute atomic E-state index is 13.0. The first-order valence-electron chi connectivity index (χ1n) is 6.76. The fourth-order valence-corrected chi connectivity index (χ4v) is 2.45. The van der Waals surface area contributed by atoms with E-state index in [1.807, 2.05) is 0 Å². The first-order valence-corrected chi connectivity index (χ1v) is 6.76. The fourth-order valence-electron chi connectivity index (χ4n) is 2.45. The average molecular weight is 292 g/mol. The van der Waals surface area contributed by atoms with E-state index in [9.17, 15) is 18.8 Å². The maximum Gasteiger partial charge on any atom is 0.331 e. The number of carbonyl (C=O) groups excluding carboxylic acids is 3. The molecule has 0 spiro atoms. The quantitative estimate of drug-likeness (QED) is 0.869. The lowest BCUT2D eigenvalue weighted by Gasteiger charge is -2.35. The predicted octanol–water partition coefficient (Wildman–Crippen LogP) is 2.24. The number of rotatable bonds is 3. The van der Waals surface area contributed by atoms with Crippen LogP contribution in [-0.4, -0.2) is 22.7 Å². The van der Waals surface area contributed by atoms with E-state index in [1.54, 1.807) is 20.8 Å². The van der Waals surface area contributed by atoms with Gasteiger partial charge in [-0.15, -0.1) is 0 Å². The highest BCUT2D eigenvalue weighted by Crippen LogP contribution is 2.27. The van der Waals surface area contributed by atoms with Crippen LogP contribution in [0.1, 0.15) is 32.4 Å². The van der Waals surface area contributed by atoms with Gasteiger partial charge in [0.25, 0.3) is 0 Å². The molecule has 1 heterocycles. The van der Waals surface area contributed by atoms with Crippen molar-refractivity contribution in [2.75, 3.05) is 0 Å². The molecule has 0 radical (unpaired) electrons. The first kappa shape index (κ1) is 15.2. The Bertz CT molecular complexity index is 583. The van der Waals surface area contributed by atoms with Gasteiger partial charge in [-0.2, -0.15) is 0 Å². The lowest BCUT2D eigenvalue weighted by molar-refractivity contribution is -0.145. The van der Waals surface area contributed by atoms with Crippen LogP contribution in [0, 0.1) is 17.7 Å². The van der Waals surface area contributed by atoms with Gasteiger partial charge in [-0.05, 0) is 30.5 Å². The largest absolute Gasteiger partial charge is 0.331 e. The summed E-state index contributed by atoms with van der Waals surface area (Å²) in [5, 5.41) is 2.21. The van der Waals surface area contributed by atoms with Crippen molar-refractivity contribution in [2.24, 2.45) is 11.8 Å². The number of nitrogens with zero attached hydrogens (tertiary/aromatic N) is 1. The topological polar surface area (TPSA) is 66.5 Å². The Morgan fingerprint density at radius 3 is 2.19 bits per heavy atom. The number of nitrogens with one attached hydrogen (secondary N) is 1. The van der Waals surface area contributed by atoms with Crippen molar-refractivity contribution >= 4 is 17.8 Å². The van der Waals surface area contributed by atoms with E-state index >= 15 is 0 Å². The van der Waals surface area contributed by atoms with Crippen LogP contribution in [0.2, 0.25) is 0 Å². The Kier molecular flexibility index (Phi) is 4.06. The highest BCUT2D eigenvalue weighted by atomic mass is 19.1. The molecule has 0 bridgehead atoms. The molecule has 1 aromatic carbocycles. The normalized spacial score (nSPS) is 20.7. The number of carbonyl (C=O) groups is 3. The fraction of sp³-hybridized carbons (Fsp3) is 0.400. The van der Waals surface area contributed by atoms with Gasteiger partial charge in [0, 0.05) is 0 Å². The smallest absolute Gasteiger partial charge is 0.277 e. The molecule has 1 aliphatic rings. The van der Waals surface area contributed by atoms with Crippen molar-refractivity contribution in [3.8, 4) is 0 Å². The maximum atomic E-state index is 13.0. The van der Waals surface area contributed by atoms with E-state index in [4.69, 9.17) is 0 Å². The molecule has 6 heteroatoms. The molecule has 5 nitrogen and oxygen atoms in total. The Morgan fingerprint density at radius 1 is 1.10 bits per heavy atom. The molecule has 2 atom stereocenters. The van der Waals surface area contributed by atoms with Crippen molar-refractivity contribution in [3.63, 3.8) is 0 Å². The summed E-state index contributed by atoms with van der Waals surface area (Å²) in [6, 6.07) is 4.25. The molecule has 21 heavy (non-hydrogen) atoms. The minimum atomic E-state index is -0.884. The van der Waals surface area contributed by atoms with Crippen LogP contribution in [0.3, 0.4) is 0 Å². The Morgan fingerprint density at radius 2 is 1.67 bits per heavy atom. The first-order chi connectivity index (χ1) is 9.82. The molecule has 4 amide bonds. The second-order valence-electron chi connectivity index (χ2n) is 5.45. The van der Waals surface area contributed by atoms with Gasteiger partial charge in [-0.1, -0.05) is 26.0 Å². The van der Waals surface area contributed by atoms with Gasteiger partial charge in [-0.25, -0.2) is 9.18 Å². The summed E-state index contributed by atoms with van der Waals surface area (Å²) in [5.74, 6) is -2.58. The van der Waals surface area contributed by atoms with Crippen molar-refractivity contribution in [2.45, 2.75) is 26.8 Å². The number of halogens is 1. The van der Waals surface area contributed by atoms with E-state index < -0.39 is 35.6 Å². The number of hydrogen-bond acceptors (Lipinski definition) is 3. The van der Waals surface area contributed by atoms with Gasteiger partial charge < -0.3 is 0 Å². The number of hydrogen-bond donors (Lipinski definition) is 1. The summed E-state index contributed by atoms with van der Waals surface area (Å²) < 4.78 is 13.0. The third-order valence-electron chi connectivity index (χ3n) is 3.64. The third kappa shape index (κ3) is 2.79. The number of urea groups is 1. The van der Waals surface area contributed by atoms with E-state index in [0.717, 1.165) is 4.90 Å². The summed E-state index contributed by atoms with van der Waals surface area (Å²) in [4.78, 5) is 37.2. The number of amides is 4. The second-order valence-corrected chi connectivity index (χ2v) is 5.45. The monoisotopic (exact) mass is 292 g/mol. The molecule has 1 saturated heterocycles. The summed E-state index contributed by atoms with van der Waals surface area (Å²) in [6.45, 7) is 5.16. The highest BCUT2D eigenvalue weighted by Gasteiger charge is 2.44. The molecule has 2 rings (SSSR count). The molecule has 2 unspecified atom stereocenters. The lowest BCUT2D eigenvalue weighted by Crippen LogP contribution is -2.59. The van der Waals surface area contributed by atoms with Gasteiger partial charge in [-0.3, -0.25) is 19.8 Å². The van der Waals surface area contributed by atoms with Gasteiger partial charge in [0.15, 0.2) is 0 Å². The van der Waals surface area contributed by atoms with Gasteiger partial charge >= 0.3 is 6.03 Å². The second kappa shape index (κ2) is 5.63. The summed E-state index contributed by atoms with van der Waals surface area (Å²) in [7, 11) is 0. The van der Waals surface area contributed by atoms with Gasteiger partial charge in [0.2, 0.25) is 11.8 Å². The number of barbiturate groups is 1. The van der Waals surface area contributed by atoms with Crippen molar-refractivity contribution in [3.05, 3.63) is 35.6 Å². The van der Waals surface area contributed by atoms with Crippen molar-refractivity contribution in [1.82, 2.24) is 10.2 Å². The summed E-state index contributed by atoms with van der Waals surface area (Å²) >= 11 is 0. The zero-order valence-corrected chi connectivity index (χ0v) is 12.1. The lowest BCUT2D eigenvalue weighted by atomic mass is 9.91. The van der Waals surface area contributed by atoms with E-state index in [2.05, 4.69) is 5.32 Å². The number of benzene rings is 1. The van der Waals surface area contributed by atoms with Crippen molar-refractivity contribution in [1.29, 1.82) is 0 Å².